The number of ether oxygens (including phenoxy) is 1. The molecule has 0 saturated carbocycles. The SMILES string of the molecule is O=C(O)C1CN(Cc2cc(Cl)ccc2OCc2cccnc2)C1. The predicted octanol–water partition coefficient (Wildman–Crippen LogP) is 2.83. The maximum absolute atomic E-state index is 10.9. The van der Waals surface area contributed by atoms with E-state index in [9.17, 15) is 4.79 Å². The maximum Gasteiger partial charge on any atom is 0.309 e. The molecule has 0 amide bonds. The van der Waals surface area contributed by atoms with Gasteiger partial charge in [-0.1, -0.05) is 17.7 Å². The van der Waals surface area contributed by atoms with E-state index in [1.807, 2.05) is 24.3 Å². The zero-order valence-corrected chi connectivity index (χ0v) is 13.2. The average Bonchev–Trinajstić information content (AvgIpc) is 2.50. The Morgan fingerprint density at radius 2 is 2.22 bits per heavy atom. The van der Waals surface area contributed by atoms with Gasteiger partial charge >= 0.3 is 5.97 Å². The number of benzene rings is 1. The molecule has 0 atom stereocenters. The number of aromatic nitrogens is 1. The molecular formula is C17H17ClN2O3. The molecule has 5 nitrogen and oxygen atoms in total. The Labute approximate surface area is 139 Å². The van der Waals surface area contributed by atoms with Crippen molar-refractivity contribution < 1.29 is 14.6 Å². The standard InChI is InChI=1S/C17H17ClN2O3/c18-15-3-4-16(23-11-12-2-1-5-19-7-12)13(6-15)8-20-9-14(10-20)17(21)22/h1-7,14H,8-11H2,(H,21,22). The van der Waals surface area contributed by atoms with Crippen molar-refractivity contribution in [3.8, 4) is 5.75 Å². The molecule has 0 radical (unpaired) electrons. The fourth-order valence-electron chi connectivity index (χ4n) is 2.55. The third-order valence-corrected chi connectivity index (χ3v) is 4.08. The van der Waals surface area contributed by atoms with Crippen LogP contribution in [0.25, 0.3) is 0 Å². The first-order valence-corrected chi connectivity index (χ1v) is 7.75. The van der Waals surface area contributed by atoms with Crippen molar-refractivity contribution >= 4 is 17.6 Å². The number of halogens is 1. The normalized spacial score (nSPS) is 15.2. The molecule has 0 unspecified atom stereocenters. The summed E-state index contributed by atoms with van der Waals surface area (Å²) in [7, 11) is 0. The highest BCUT2D eigenvalue weighted by atomic mass is 35.5. The van der Waals surface area contributed by atoms with Crippen molar-refractivity contribution in [2.45, 2.75) is 13.2 Å². The Balaban J connectivity index is 1.65. The van der Waals surface area contributed by atoms with Crippen molar-refractivity contribution in [3.63, 3.8) is 0 Å². The molecule has 0 spiro atoms. The largest absolute Gasteiger partial charge is 0.489 e. The van der Waals surface area contributed by atoms with Crippen LogP contribution in [-0.4, -0.2) is 34.0 Å². The smallest absolute Gasteiger partial charge is 0.309 e. The Morgan fingerprint density at radius 3 is 2.91 bits per heavy atom. The number of likely N-dealkylation sites (tertiary alicyclic amines) is 1. The van der Waals surface area contributed by atoms with Crippen molar-refractivity contribution in [2.75, 3.05) is 13.1 Å². The quantitative estimate of drug-likeness (QED) is 0.881. The summed E-state index contributed by atoms with van der Waals surface area (Å²) in [5.74, 6) is -0.244. The summed E-state index contributed by atoms with van der Waals surface area (Å²) in [4.78, 5) is 17.0. The van der Waals surface area contributed by atoms with Crippen LogP contribution in [0.3, 0.4) is 0 Å². The minimum absolute atomic E-state index is 0.269. The number of aliphatic carboxylic acids is 1. The van der Waals surface area contributed by atoms with E-state index in [-0.39, 0.29) is 5.92 Å². The molecule has 1 saturated heterocycles. The van der Waals surface area contributed by atoms with E-state index in [0.717, 1.165) is 16.9 Å². The lowest BCUT2D eigenvalue weighted by Gasteiger charge is -2.36. The van der Waals surface area contributed by atoms with E-state index >= 15 is 0 Å². The molecule has 1 aliphatic rings. The average molecular weight is 333 g/mol. The van der Waals surface area contributed by atoms with E-state index in [4.69, 9.17) is 21.4 Å². The molecule has 0 bridgehead atoms. The van der Waals surface area contributed by atoms with Gasteiger partial charge in [-0.05, 0) is 24.3 Å². The topological polar surface area (TPSA) is 62.7 Å². The molecule has 120 valence electrons. The molecule has 3 rings (SSSR count). The maximum atomic E-state index is 10.9. The van der Waals surface area contributed by atoms with Gasteiger partial charge < -0.3 is 9.84 Å². The lowest BCUT2D eigenvalue weighted by Crippen LogP contribution is -2.49. The van der Waals surface area contributed by atoms with Crippen molar-refractivity contribution in [3.05, 3.63) is 58.9 Å². The lowest BCUT2D eigenvalue weighted by molar-refractivity contribution is -0.147. The number of carboxylic acid groups (broad SMARTS) is 1. The van der Waals surface area contributed by atoms with Gasteiger partial charge in [0.05, 0.1) is 5.92 Å². The molecule has 1 aromatic carbocycles. The van der Waals surface area contributed by atoms with Gasteiger partial charge in [-0.3, -0.25) is 14.7 Å². The van der Waals surface area contributed by atoms with Crippen LogP contribution in [0.15, 0.2) is 42.7 Å². The Bertz CT molecular complexity index is 687. The fourth-order valence-corrected chi connectivity index (χ4v) is 2.75. The molecule has 1 fully saturated rings. The van der Waals surface area contributed by atoms with E-state index in [1.165, 1.54) is 0 Å². The van der Waals surface area contributed by atoms with Gasteiger partial charge in [0, 0.05) is 48.2 Å². The van der Waals surface area contributed by atoms with Gasteiger partial charge in [-0.25, -0.2) is 0 Å². The van der Waals surface area contributed by atoms with E-state index < -0.39 is 5.97 Å². The summed E-state index contributed by atoms with van der Waals surface area (Å²) in [6, 6.07) is 9.33. The lowest BCUT2D eigenvalue weighted by atomic mass is 9.99. The first-order chi connectivity index (χ1) is 11.1. The summed E-state index contributed by atoms with van der Waals surface area (Å²) in [5, 5.41) is 9.59. The van der Waals surface area contributed by atoms with Crippen LogP contribution in [0.2, 0.25) is 5.02 Å². The first-order valence-electron chi connectivity index (χ1n) is 7.37. The number of carbonyl (C=O) groups is 1. The first kappa shape index (κ1) is 15.8. The third kappa shape index (κ3) is 4.00. The molecule has 1 aliphatic heterocycles. The Hall–Kier alpha value is -2.11. The second kappa shape index (κ2) is 6.98. The van der Waals surface area contributed by atoms with Crippen LogP contribution >= 0.6 is 11.6 Å². The molecule has 2 heterocycles. The van der Waals surface area contributed by atoms with Crippen molar-refractivity contribution in [1.29, 1.82) is 0 Å². The second-order valence-corrected chi connectivity index (χ2v) is 6.07. The number of hydrogen-bond acceptors (Lipinski definition) is 4. The monoisotopic (exact) mass is 332 g/mol. The zero-order chi connectivity index (χ0) is 16.2. The van der Waals surface area contributed by atoms with Crippen LogP contribution in [0.5, 0.6) is 5.75 Å². The van der Waals surface area contributed by atoms with Gasteiger partial charge in [-0.15, -0.1) is 0 Å². The number of carboxylic acids is 1. The number of nitrogens with zero attached hydrogens (tertiary/aromatic N) is 2. The van der Waals surface area contributed by atoms with Gasteiger partial charge in [0.15, 0.2) is 0 Å². The van der Waals surface area contributed by atoms with Gasteiger partial charge in [0.2, 0.25) is 0 Å². The molecule has 6 heteroatoms. The number of hydrogen-bond donors (Lipinski definition) is 1. The van der Waals surface area contributed by atoms with E-state index in [1.54, 1.807) is 18.5 Å². The van der Waals surface area contributed by atoms with Gasteiger partial charge in [0.25, 0.3) is 0 Å². The summed E-state index contributed by atoms with van der Waals surface area (Å²) in [6.45, 7) is 2.18. The zero-order valence-electron chi connectivity index (χ0n) is 12.5. The van der Waals surface area contributed by atoms with E-state index in [0.29, 0.717) is 31.3 Å². The van der Waals surface area contributed by atoms with Crippen LogP contribution in [0.1, 0.15) is 11.1 Å². The summed E-state index contributed by atoms with van der Waals surface area (Å²) >= 11 is 6.08. The summed E-state index contributed by atoms with van der Waals surface area (Å²) < 4.78 is 5.88. The Morgan fingerprint density at radius 1 is 1.39 bits per heavy atom. The van der Waals surface area contributed by atoms with Crippen LogP contribution in [0.4, 0.5) is 0 Å². The fraction of sp³-hybridized carbons (Fsp3) is 0.294. The van der Waals surface area contributed by atoms with Gasteiger partial charge in [0.1, 0.15) is 12.4 Å². The third-order valence-electron chi connectivity index (χ3n) is 3.84. The van der Waals surface area contributed by atoms with Crippen LogP contribution < -0.4 is 4.74 Å². The highest BCUT2D eigenvalue weighted by molar-refractivity contribution is 6.30. The minimum atomic E-state index is -0.736. The summed E-state index contributed by atoms with van der Waals surface area (Å²) in [6.07, 6.45) is 3.49. The van der Waals surface area contributed by atoms with Crippen molar-refractivity contribution in [1.82, 2.24) is 9.88 Å². The van der Waals surface area contributed by atoms with Crippen molar-refractivity contribution in [2.24, 2.45) is 5.92 Å². The number of pyridine rings is 1. The minimum Gasteiger partial charge on any atom is -0.489 e. The molecule has 2 aromatic rings. The highest BCUT2D eigenvalue weighted by Crippen LogP contribution is 2.28. The van der Waals surface area contributed by atoms with E-state index in [2.05, 4.69) is 9.88 Å². The highest BCUT2D eigenvalue weighted by Gasteiger charge is 2.32. The summed E-state index contributed by atoms with van der Waals surface area (Å²) in [5.41, 5.74) is 1.95. The number of rotatable bonds is 6. The van der Waals surface area contributed by atoms with Crippen LogP contribution in [-0.2, 0) is 17.9 Å². The molecule has 1 N–H and O–H groups in total. The second-order valence-electron chi connectivity index (χ2n) is 5.63. The molecule has 23 heavy (non-hydrogen) atoms. The molecule has 1 aromatic heterocycles. The van der Waals surface area contributed by atoms with Crippen LogP contribution in [0, 0.1) is 5.92 Å². The Kier molecular flexibility index (Phi) is 4.79. The molecule has 0 aliphatic carbocycles. The predicted molar refractivity (Wildman–Crippen MR) is 86.4 cm³/mol. The molecular weight excluding hydrogens is 316 g/mol. The van der Waals surface area contributed by atoms with Gasteiger partial charge in [-0.2, -0.15) is 0 Å².